The molecule has 0 saturated carbocycles. The number of nitrogens with zero attached hydrogens (tertiary/aromatic N) is 1. The smallest absolute Gasteiger partial charge is 0.303 e. The molecule has 0 bridgehead atoms. The molecule has 45 heavy (non-hydrogen) atoms. The highest BCUT2D eigenvalue weighted by Gasteiger charge is 2.59. The zero-order chi connectivity index (χ0) is 31.9. The molecule has 0 spiro atoms. The maximum atomic E-state index is 13.4. The Bertz CT molecular complexity index is 1730. The standard InChI is InChI=1S/C34H35NO9S/c1-25-16-18-29(19-17-25)45(38,39)42-24-34(23-40-21-27-11-5-3-6-12-27)32(41-22-28-13-7-4-8-14-28)31(43-26(2)36)33(44-34)35-20-10-9-15-30(35)37/h3-20,31-33H,21-24H2,1-2H3/t31-,32+,33?,34+/m1/s1. The molecule has 1 aliphatic rings. The Morgan fingerprint density at radius 3 is 2.09 bits per heavy atom. The molecule has 0 amide bonds. The molecule has 10 nitrogen and oxygen atoms in total. The number of aryl methyl sites for hydroxylation is 1. The van der Waals surface area contributed by atoms with Gasteiger partial charge in [0.2, 0.25) is 0 Å². The van der Waals surface area contributed by atoms with E-state index in [1.807, 2.05) is 67.6 Å². The minimum Gasteiger partial charge on any atom is -0.455 e. The van der Waals surface area contributed by atoms with Gasteiger partial charge in [-0.2, -0.15) is 8.42 Å². The summed E-state index contributed by atoms with van der Waals surface area (Å²) in [7, 11) is -4.27. The van der Waals surface area contributed by atoms with Crippen molar-refractivity contribution in [2.75, 3.05) is 13.2 Å². The van der Waals surface area contributed by atoms with E-state index in [0.29, 0.717) is 0 Å². The van der Waals surface area contributed by atoms with Crippen LogP contribution in [-0.2, 0) is 51.3 Å². The molecule has 11 heteroatoms. The minimum absolute atomic E-state index is 0.0411. The van der Waals surface area contributed by atoms with Gasteiger partial charge < -0.3 is 18.9 Å². The largest absolute Gasteiger partial charge is 0.455 e. The first-order chi connectivity index (χ1) is 21.7. The molecule has 1 fully saturated rings. The number of carbonyl (C=O) groups excluding carboxylic acids is 1. The lowest BCUT2D eigenvalue weighted by atomic mass is 9.96. The average Bonchev–Trinajstić information content (AvgIpc) is 3.32. The molecule has 1 unspecified atom stereocenters. The summed E-state index contributed by atoms with van der Waals surface area (Å²) < 4.78 is 58.6. The Balaban J connectivity index is 1.55. The molecule has 1 aliphatic heterocycles. The number of pyridine rings is 1. The monoisotopic (exact) mass is 633 g/mol. The van der Waals surface area contributed by atoms with Crippen LogP contribution in [0.5, 0.6) is 0 Å². The van der Waals surface area contributed by atoms with Crippen LogP contribution >= 0.6 is 0 Å². The van der Waals surface area contributed by atoms with Crippen molar-refractivity contribution < 1.29 is 36.3 Å². The van der Waals surface area contributed by atoms with Crippen LogP contribution in [0.1, 0.15) is 29.8 Å². The molecule has 0 aliphatic carbocycles. The molecule has 0 radical (unpaired) electrons. The summed E-state index contributed by atoms with van der Waals surface area (Å²) in [6.07, 6.45) is -1.97. The summed E-state index contributed by atoms with van der Waals surface area (Å²) in [6.45, 7) is 2.53. The molecule has 3 aromatic carbocycles. The van der Waals surface area contributed by atoms with Gasteiger partial charge in [0.05, 0.1) is 24.7 Å². The van der Waals surface area contributed by atoms with Crippen molar-refractivity contribution in [1.82, 2.24) is 4.57 Å². The van der Waals surface area contributed by atoms with Gasteiger partial charge >= 0.3 is 5.97 Å². The van der Waals surface area contributed by atoms with Gasteiger partial charge in [0.1, 0.15) is 18.3 Å². The predicted molar refractivity (Wildman–Crippen MR) is 165 cm³/mol. The molecular weight excluding hydrogens is 598 g/mol. The molecular formula is C34H35NO9S. The quantitative estimate of drug-likeness (QED) is 0.154. The number of hydrogen-bond acceptors (Lipinski definition) is 9. The van der Waals surface area contributed by atoms with Crippen LogP contribution in [0.4, 0.5) is 0 Å². The van der Waals surface area contributed by atoms with Crippen LogP contribution in [-0.4, -0.2) is 50.0 Å². The van der Waals surface area contributed by atoms with E-state index in [0.717, 1.165) is 16.7 Å². The number of hydrogen-bond donors (Lipinski definition) is 0. The van der Waals surface area contributed by atoms with Crippen molar-refractivity contribution in [3.8, 4) is 0 Å². The highest BCUT2D eigenvalue weighted by Crippen LogP contribution is 2.42. The van der Waals surface area contributed by atoms with Crippen LogP contribution in [0.3, 0.4) is 0 Å². The van der Waals surface area contributed by atoms with Crippen LogP contribution in [0, 0.1) is 6.92 Å². The minimum atomic E-state index is -4.27. The van der Waals surface area contributed by atoms with Gasteiger partial charge in [0, 0.05) is 19.2 Å². The fourth-order valence-electron chi connectivity index (χ4n) is 5.15. The lowest BCUT2D eigenvalue weighted by Crippen LogP contribution is -2.53. The van der Waals surface area contributed by atoms with E-state index in [4.69, 9.17) is 23.1 Å². The number of aromatic nitrogens is 1. The zero-order valence-electron chi connectivity index (χ0n) is 25.0. The van der Waals surface area contributed by atoms with Gasteiger partial charge in [-0.25, -0.2) is 0 Å². The van der Waals surface area contributed by atoms with Crippen molar-refractivity contribution in [1.29, 1.82) is 0 Å². The summed E-state index contributed by atoms with van der Waals surface area (Å²) in [4.78, 5) is 25.4. The van der Waals surface area contributed by atoms with Crippen LogP contribution in [0.25, 0.3) is 0 Å². The fourth-order valence-corrected chi connectivity index (χ4v) is 6.11. The summed E-state index contributed by atoms with van der Waals surface area (Å²) >= 11 is 0. The van der Waals surface area contributed by atoms with Crippen molar-refractivity contribution in [3.05, 3.63) is 136 Å². The third-order valence-corrected chi connectivity index (χ3v) is 8.66. The second kappa shape index (κ2) is 14.3. The van der Waals surface area contributed by atoms with E-state index in [2.05, 4.69) is 0 Å². The molecule has 2 heterocycles. The van der Waals surface area contributed by atoms with E-state index in [1.54, 1.807) is 24.3 Å². The topological polar surface area (TPSA) is 119 Å². The van der Waals surface area contributed by atoms with Gasteiger partial charge in [0.25, 0.3) is 15.7 Å². The molecule has 4 atom stereocenters. The number of carbonyl (C=O) groups is 1. The summed E-state index contributed by atoms with van der Waals surface area (Å²) in [6, 6.07) is 29.5. The fraction of sp³-hybridized carbons (Fsp3) is 0.294. The maximum Gasteiger partial charge on any atom is 0.303 e. The van der Waals surface area contributed by atoms with Gasteiger partial charge in [-0.3, -0.25) is 18.3 Å². The van der Waals surface area contributed by atoms with E-state index in [-0.39, 0.29) is 24.7 Å². The summed E-state index contributed by atoms with van der Waals surface area (Å²) in [5.41, 5.74) is 0.491. The summed E-state index contributed by atoms with van der Waals surface area (Å²) in [5, 5.41) is 0. The highest BCUT2D eigenvalue weighted by atomic mass is 32.2. The van der Waals surface area contributed by atoms with Crippen LogP contribution in [0.15, 0.2) is 119 Å². The zero-order valence-corrected chi connectivity index (χ0v) is 25.8. The lowest BCUT2D eigenvalue weighted by Gasteiger charge is -2.34. The Morgan fingerprint density at radius 1 is 0.844 bits per heavy atom. The normalized spacial score (nSPS) is 21.4. The number of ether oxygens (including phenoxy) is 4. The molecule has 1 aromatic heterocycles. The molecule has 4 aromatic rings. The van der Waals surface area contributed by atoms with Gasteiger partial charge in [-0.05, 0) is 36.2 Å². The van der Waals surface area contributed by atoms with Crippen LogP contribution in [0.2, 0.25) is 0 Å². The maximum absolute atomic E-state index is 13.4. The van der Waals surface area contributed by atoms with E-state index < -0.39 is 52.3 Å². The number of rotatable bonds is 13. The molecule has 236 valence electrons. The van der Waals surface area contributed by atoms with Crippen molar-refractivity contribution in [3.63, 3.8) is 0 Å². The Kier molecular flexibility index (Phi) is 10.3. The first-order valence-corrected chi connectivity index (χ1v) is 15.8. The third-order valence-electron chi connectivity index (χ3n) is 7.38. The Morgan fingerprint density at radius 2 is 1.47 bits per heavy atom. The van der Waals surface area contributed by atoms with Crippen molar-refractivity contribution >= 4 is 16.1 Å². The number of esters is 1. The van der Waals surface area contributed by atoms with Gasteiger partial charge in [-0.1, -0.05) is 84.4 Å². The lowest BCUT2D eigenvalue weighted by molar-refractivity contribution is -0.171. The van der Waals surface area contributed by atoms with E-state index >= 15 is 0 Å². The number of benzene rings is 3. The second-order valence-corrected chi connectivity index (χ2v) is 12.4. The SMILES string of the molecule is CC(=O)O[C@H]1C(n2ccccc2=O)O[C@@](COCc2ccccc2)(COS(=O)(=O)c2ccc(C)cc2)[C@H]1OCc1ccccc1. The molecule has 1 saturated heterocycles. The van der Waals surface area contributed by atoms with Gasteiger partial charge in [-0.15, -0.1) is 0 Å². The van der Waals surface area contributed by atoms with Crippen LogP contribution < -0.4 is 5.56 Å². The predicted octanol–water partition coefficient (Wildman–Crippen LogP) is 4.56. The Hall–Kier alpha value is -4.13. The summed E-state index contributed by atoms with van der Waals surface area (Å²) in [5.74, 6) is -0.639. The van der Waals surface area contributed by atoms with Gasteiger partial charge in [0.15, 0.2) is 12.3 Å². The van der Waals surface area contributed by atoms with Crippen molar-refractivity contribution in [2.24, 2.45) is 0 Å². The third kappa shape index (κ3) is 7.94. The second-order valence-electron chi connectivity index (χ2n) is 10.8. The molecule has 0 N–H and O–H groups in total. The van der Waals surface area contributed by atoms with E-state index in [9.17, 15) is 18.0 Å². The first kappa shape index (κ1) is 32.3. The Labute approximate surface area is 262 Å². The first-order valence-electron chi connectivity index (χ1n) is 14.4. The van der Waals surface area contributed by atoms with Crippen molar-refractivity contribution in [2.45, 2.75) is 56.0 Å². The highest BCUT2D eigenvalue weighted by molar-refractivity contribution is 7.86. The average molecular weight is 634 g/mol. The molecule has 5 rings (SSSR count). The van der Waals surface area contributed by atoms with E-state index in [1.165, 1.54) is 35.9 Å².